The maximum atomic E-state index is 2.25. The van der Waals surface area contributed by atoms with Crippen molar-refractivity contribution in [2.75, 3.05) is 0 Å². The third kappa shape index (κ3) is 2.72. The Bertz CT molecular complexity index is 256. The van der Waals surface area contributed by atoms with Crippen LogP contribution < -0.4 is 51.4 Å². The molecule has 0 fully saturated rings. The molecule has 1 heteroatoms. The first-order valence-electron chi connectivity index (χ1n) is 4.81. The molecule has 0 amide bonds. The molecule has 0 unspecified atom stereocenters. The van der Waals surface area contributed by atoms with Crippen LogP contribution in [-0.2, 0) is 6.42 Å². The number of hydrogen-bond donors (Lipinski definition) is 0. The molecular weight excluding hydrogens is 183 g/mol. The molecule has 0 nitrogen and oxygen atoms in total. The normalized spacial score (nSPS) is 9.92. The number of hydrogen-bond acceptors (Lipinski definition) is 0. The molecule has 0 atom stereocenters. The van der Waals surface area contributed by atoms with Gasteiger partial charge in [0.05, 0.1) is 0 Å². The number of rotatable bonds is 2. The van der Waals surface area contributed by atoms with Gasteiger partial charge in [0.25, 0.3) is 0 Å². The zero-order chi connectivity index (χ0) is 9.30. The fourth-order valence-electron chi connectivity index (χ4n) is 1.92. The Labute approximate surface area is 125 Å². The van der Waals surface area contributed by atoms with Gasteiger partial charge in [-0.15, -0.1) is 0 Å². The second kappa shape index (κ2) is 5.77. The zero-order valence-electron chi connectivity index (χ0n) is 9.91. The first-order valence-corrected chi connectivity index (χ1v) is 4.81. The summed E-state index contributed by atoms with van der Waals surface area (Å²) in [5.41, 5.74) is 7.62. The van der Waals surface area contributed by atoms with E-state index in [0.717, 1.165) is 0 Å². The topological polar surface area (TPSA) is 0 Å². The van der Waals surface area contributed by atoms with Gasteiger partial charge in [0.2, 0.25) is 0 Å². The fraction of sp³-hybridized carbons (Fsp3) is 0.583. The molecule has 13 heavy (non-hydrogen) atoms. The molecule has 0 radical (unpaired) electrons. The monoisotopic (exact) mass is 202 g/mol. The Morgan fingerprint density at radius 3 is 1.92 bits per heavy atom. The average Bonchev–Trinajstić information content (AvgIpc) is 2.23. The van der Waals surface area contributed by atoms with Gasteiger partial charge in [0, 0.05) is 0 Å². The van der Waals surface area contributed by atoms with Crippen molar-refractivity contribution in [3.63, 3.8) is 0 Å². The molecular formula is C12H19K. The van der Waals surface area contributed by atoms with E-state index in [-0.39, 0.29) is 51.4 Å². The fourth-order valence-corrected chi connectivity index (χ4v) is 1.92. The Balaban J connectivity index is 0.00000144. The third-order valence-corrected chi connectivity index (χ3v) is 3.09. The van der Waals surface area contributed by atoms with Crippen LogP contribution in [0.1, 0.15) is 41.2 Å². The van der Waals surface area contributed by atoms with Crippen molar-refractivity contribution >= 4 is 0 Å². The van der Waals surface area contributed by atoms with Gasteiger partial charge < -0.3 is 0 Å². The molecule has 1 rings (SSSR count). The van der Waals surface area contributed by atoms with Crippen molar-refractivity contribution in [2.24, 2.45) is 0 Å². The van der Waals surface area contributed by atoms with E-state index in [1.807, 2.05) is 0 Å². The van der Waals surface area contributed by atoms with Gasteiger partial charge in [0.15, 0.2) is 0 Å². The predicted molar refractivity (Wildman–Crippen MR) is 55.0 cm³/mol. The van der Waals surface area contributed by atoms with Gasteiger partial charge in [-0.1, -0.05) is 47.5 Å². The molecule has 0 aliphatic heterocycles. The van der Waals surface area contributed by atoms with E-state index >= 15 is 0 Å². The molecule has 0 aromatic heterocycles. The first kappa shape index (κ1) is 14.0. The maximum absolute atomic E-state index is 2.25. The molecule has 0 spiro atoms. The summed E-state index contributed by atoms with van der Waals surface area (Å²) in [7, 11) is 0. The van der Waals surface area contributed by atoms with Crippen molar-refractivity contribution < 1.29 is 51.4 Å². The molecule has 1 aromatic carbocycles. The van der Waals surface area contributed by atoms with Crippen molar-refractivity contribution in [3.05, 3.63) is 27.8 Å². The predicted octanol–water partition coefficient (Wildman–Crippen LogP) is 0.596. The van der Waals surface area contributed by atoms with E-state index in [4.69, 9.17) is 0 Å². The van der Waals surface area contributed by atoms with Crippen LogP contribution in [0.4, 0.5) is 0 Å². The summed E-state index contributed by atoms with van der Waals surface area (Å²) in [5, 5.41) is 0. The van der Waals surface area contributed by atoms with Crippen molar-refractivity contribution in [1.29, 1.82) is 0 Å². The quantitative estimate of drug-likeness (QED) is 0.486. The summed E-state index contributed by atoms with van der Waals surface area (Å²) in [6, 6.07) is 0. The van der Waals surface area contributed by atoms with Gasteiger partial charge in [-0.25, -0.2) is 0 Å². The molecule has 0 heterocycles. The van der Waals surface area contributed by atoms with Gasteiger partial charge in [-0.2, -0.15) is 27.8 Å². The van der Waals surface area contributed by atoms with E-state index in [2.05, 4.69) is 34.6 Å². The van der Waals surface area contributed by atoms with E-state index < -0.39 is 0 Å². The van der Waals surface area contributed by atoms with Crippen LogP contribution in [0.15, 0.2) is 0 Å². The van der Waals surface area contributed by atoms with Crippen molar-refractivity contribution in [2.45, 2.75) is 47.5 Å². The van der Waals surface area contributed by atoms with Crippen LogP contribution in [0.25, 0.3) is 0 Å². The van der Waals surface area contributed by atoms with Crippen LogP contribution >= 0.6 is 0 Å². The zero-order valence-corrected chi connectivity index (χ0v) is 13.0. The minimum atomic E-state index is 0. The van der Waals surface area contributed by atoms with Crippen LogP contribution in [0.3, 0.4) is 0 Å². The van der Waals surface area contributed by atoms with Crippen molar-refractivity contribution in [3.8, 4) is 0 Å². The van der Waals surface area contributed by atoms with Gasteiger partial charge >= 0.3 is 51.4 Å². The summed E-state index contributed by atoms with van der Waals surface area (Å²) in [6.45, 7) is 11.2. The summed E-state index contributed by atoms with van der Waals surface area (Å²) in [4.78, 5) is 0. The van der Waals surface area contributed by atoms with Crippen LogP contribution in [0.5, 0.6) is 0 Å². The molecule has 0 N–H and O–H groups in total. The Kier molecular flexibility index (Phi) is 6.20. The largest absolute Gasteiger partial charge is 1.00 e. The molecule has 0 saturated heterocycles. The van der Waals surface area contributed by atoms with Crippen molar-refractivity contribution in [1.82, 2.24) is 0 Å². The summed E-state index contributed by atoms with van der Waals surface area (Å²) >= 11 is 0. The average molecular weight is 202 g/mol. The first-order chi connectivity index (χ1) is 5.59. The van der Waals surface area contributed by atoms with Crippen LogP contribution in [0.2, 0.25) is 0 Å². The van der Waals surface area contributed by atoms with E-state index in [1.54, 1.807) is 5.56 Å². The molecule has 0 aliphatic carbocycles. The molecule has 0 saturated carbocycles. The van der Waals surface area contributed by atoms with Gasteiger partial charge in [-0.05, 0) is 0 Å². The van der Waals surface area contributed by atoms with E-state index in [9.17, 15) is 0 Å². The Morgan fingerprint density at radius 1 is 1.08 bits per heavy atom. The van der Waals surface area contributed by atoms with Crippen LogP contribution in [0, 0.1) is 27.7 Å². The SMILES string of the molecule is CCCc1c(C)c(C)c(C)[c-]1C.[K+]. The maximum Gasteiger partial charge on any atom is 1.00 e. The summed E-state index contributed by atoms with van der Waals surface area (Å²) in [5.74, 6) is 0. The van der Waals surface area contributed by atoms with E-state index in [1.165, 1.54) is 35.1 Å². The molecule has 1 aromatic rings. The Morgan fingerprint density at radius 2 is 1.62 bits per heavy atom. The van der Waals surface area contributed by atoms with E-state index in [0.29, 0.717) is 0 Å². The minimum absolute atomic E-state index is 0. The summed E-state index contributed by atoms with van der Waals surface area (Å²) in [6.07, 6.45) is 2.50. The molecule has 0 aliphatic rings. The van der Waals surface area contributed by atoms with Gasteiger partial charge in [-0.3, -0.25) is 0 Å². The minimum Gasteiger partial charge on any atom is -0.196 e. The third-order valence-electron chi connectivity index (χ3n) is 3.09. The van der Waals surface area contributed by atoms with Gasteiger partial charge in [0.1, 0.15) is 0 Å². The smallest absolute Gasteiger partial charge is 0.196 e. The Hall–Kier alpha value is 0.986. The standard InChI is InChI=1S/C12H19.K/c1-6-7-12-10(4)8(2)9(3)11(12)5;/h6-7H2,1-5H3;/q-1;+1. The molecule has 68 valence electrons. The second-order valence-corrected chi connectivity index (χ2v) is 3.73. The van der Waals surface area contributed by atoms with Crippen LogP contribution in [-0.4, -0.2) is 0 Å². The second-order valence-electron chi connectivity index (χ2n) is 3.73. The molecule has 0 bridgehead atoms. The summed E-state index contributed by atoms with van der Waals surface area (Å²) < 4.78 is 0.